The maximum absolute atomic E-state index is 6.99. The number of hydrogen-bond donors (Lipinski definition) is 0. The van der Waals surface area contributed by atoms with Crippen LogP contribution >= 0.6 is 7.49 Å². The van der Waals surface area contributed by atoms with Crippen molar-refractivity contribution in [3.8, 4) is 0 Å². The van der Waals surface area contributed by atoms with E-state index in [-0.39, 0.29) is 0 Å². The largest absolute Gasteiger partial charge is 0.233 e. The number of rotatable bonds is 6. The van der Waals surface area contributed by atoms with E-state index in [0.717, 1.165) is 23.6 Å². The Morgan fingerprint density at radius 2 is 1.00 bits per heavy atom. The summed E-state index contributed by atoms with van der Waals surface area (Å²) in [7, 11) is -1.31. The van der Waals surface area contributed by atoms with Gasteiger partial charge in [-0.2, -0.15) is 0 Å². The van der Waals surface area contributed by atoms with Crippen LogP contribution in [0.4, 0.5) is 0 Å². The molecule has 3 saturated carbocycles. The fourth-order valence-corrected chi connectivity index (χ4v) is 12.1. The lowest BCUT2D eigenvalue weighted by Crippen LogP contribution is -2.37. The van der Waals surface area contributed by atoms with Gasteiger partial charge < -0.3 is 0 Å². The van der Waals surface area contributed by atoms with Crippen LogP contribution in [-0.4, -0.2) is 23.6 Å². The highest BCUT2D eigenvalue weighted by Gasteiger charge is 2.59. The molecule has 0 atom stereocenters. The van der Waals surface area contributed by atoms with Crippen LogP contribution in [0.3, 0.4) is 0 Å². The molecule has 2 heteroatoms. The van der Waals surface area contributed by atoms with E-state index in [0.29, 0.717) is 0 Å². The monoisotopic (exact) mass is 337 g/mol. The van der Waals surface area contributed by atoms with Gasteiger partial charge in [-0.25, -0.2) is 4.52 Å². The van der Waals surface area contributed by atoms with Crippen LogP contribution in [0.5, 0.6) is 0 Å². The summed E-state index contributed by atoms with van der Waals surface area (Å²) in [6.07, 6.45) is 24.0. The van der Waals surface area contributed by atoms with Gasteiger partial charge >= 0.3 is 0 Å². The fraction of sp³-hybridized carbons (Fsp3) is 0.905. The molecule has 3 aliphatic rings. The van der Waals surface area contributed by atoms with Gasteiger partial charge in [0.1, 0.15) is 6.61 Å². The summed E-state index contributed by atoms with van der Waals surface area (Å²) in [4.78, 5) is 0. The van der Waals surface area contributed by atoms with Crippen molar-refractivity contribution >= 4 is 7.49 Å². The minimum atomic E-state index is -1.31. The molecular weight excluding hydrogens is 299 g/mol. The van der Waals surface area contributed by atoms with Crippen molar-refractivity contribution in [1.29, 1.82) is 0 Å². The standard InChI is InChI=1S/C21H38OP/c1-2-18-22-23(19-12-6-3-7-13-19,20-14-8-4-9-15-20)21-16-10-5-11-17-21/h2,19-21H,1,3-18H2/q+1. The van der Waals surface area contributed by atoms with Crippen LogP contribution in [-0.2, 0) is 4.52 Å². The van der Waals surface area contributed by atoms with Crippen LogP contribution < -0.4 is 0 Å². The minimum absolute atomic E-state index is 0.817. The average Bonchev–Trinajstić information content (AvgIpc) is 2.65. The molecule has 0 amide bonds. The summed E-state index contributed by atoms with van der Waals surface area (Å²) >= 11 is 0. The van der Waals surface area contributed by atoms with Crippen molar-refractivity contribution < 1.29 is 4.52 Å². The van der Waals surface area contributed by atoms with Gasteiger partial charge in [-0.15, -0.1) is 6.58 Å². The third kappa shape index (κ3) is 4.04. The average molecular weight is 338 g/mol. The summed E-state index contributed by atoms with van der Waals surface area (Å²) in [5.41, 5.74) is 2.80. The summed E-state index contributed by atoms with van der Waals surface area (Å²) in [5.74, 6) is 0. The normalized spacial score (nSPS) is 26.3. The van der Waals surface area contributed by atoms with Gasteiger partial charge in [0.15, 0.2) is 7.49 Å². The summed E-state index contributed by atoms with van der Waals surface area (Å²) in [6, 6.07) is 0. The molecule has 23 heavy (non-hydrogen) atoms. The van der Waals surface area contributed by atoms with Crippen LogP contribution in [0.15, 0.2) is 12.7 Å². The van der Waals surface area contributed by atoms with Crippen LogP contribution in [0.2, 0.25) is 0 Å². The lowest BCUT2D eigenvalue weighted by Gasteiger charge is -2.46. The van der Waals surface area contributed by atoms with Gasteiger partial charge in [-0.3, -0.25) is 0 Å². The fourth-order valence-electron chi connectivity index (χ4n) is 5.85. The topological polar surface area (TPSA) is 9.23 Å². The molecule has 0 N–H and O–H groups in total. The first-order valence-corrected chi connectivity index (χ1v) is 12.4. The molecule has 132 valence electrons. The van der Waals surface area contributed by atoms with Gasteiger partial charge in [-0.05, 0) is 77.0 Å². The number of hydrogen-bond acceptors (Lipinski definition) is 1. The van der Waals surface area contributed by atoms with Gasteiger partial charge in [-0.1, -0.05) is 25.3 Å². The van der Waals surface area contributed by atoms with Crippen molar-refractivity contribution in [3.63, 3.8) is 0 Å². The van der Waals surface area contributed by atoms with Crippen LogP contribution in [0.25, 0.3) is 0 Å². The van der Waals surface area contributed by atoms with E-state index >= 15 is 0 Å². The first-order valence-electron chi connectivity index (χ1n) is 10.5. The molecule has 0 aliphatic heterocycles. The van der Waals surface area contributed by atoms with Crippen molar-refractivity contribution in [3.05, 3.63) is 12.7 Å². The molecule has 0 aromatic carbocycles. The van der Waals surface area contributed by atoms with Crippen molar-refractivity contribution in [1.82, 2.24) is 0 Å². The van der Waals surface area contributed by atoms with Crippen molar-refractivity contribution in [2.75, 3.05) is 6.61 Å². The van der Waals surface area contributed by atoms with Gasteiger partial charge in [0.2, 0.25) is 0 Å². The van der Waals surface area contributed by atoms with Gasteiger partial charge in [0.25, 0.3) is 0 Å². The van der Waals surface area contributed by atoms with Gasteiger partial charge in [0, 0.05) is 0 Å². The highest BCUT2D eigenvalue weighted by atomic mass is 31.2. The summed E-state index contributed by atoms with van der Waals surface area (Å²) in [6.45, 7) is 4.81. The molecule has 0 unspecified atom stereocenters. The molecule has 0 saturated heterocycles. The minimum Gasteiger partial charge on any atom is -0.233 e. The Morgan fingerprint density at radius 3 is 1.30 bits per heavy atom. The summed E-state index contributed by atoms with van der Waals surface area (Å²) < 4.78 is 6.99. The molecule has 3 aliphatic carbocycles. The van der Waals surface area contributed by atoms with Crippen molar-refractivity contribution in [2.24, 2.45) is 0 Å². The molecule has 0 bridgehead atoms. The maximum atomic E-state index is 6.99. The molecule has 3 fully saturated rings. The molecule has 0 radical (unpaired) electrons. The van der Waals surface area contributed by atoms with E-state index in [2.05, 4.69) is 6.58 Å². The SMILES string of the molecule is C=CCO[P+](C1CCCCC1)(C1CCCCC1)C1CCCCC1. The van der Waals surface area contributed by atoms with E-state index in [4.69, 9.17) is 4.52 Å². The molecule has 1 nitrogen and oxygen atoms in total. The highest BCUT2D eigenvalue weighted by molar-refractivity contribution is 7.73. The predicted octanol–water partition coefficient (Wildman–Crippen LogP) is 7.12. The van der Waals surface area contributed by atoms with E-state index in [9.17, 15) is 0 Å². The van der Waals surface area contributed by atoms with E-state index in [1.807, 2.05) is 6.08 Å². The second kappa shape index (κ2) is 9.00. The first kappa shape index (κ1) is 17.9. The Hall–Kier alpha value is 0.130. The lowest BCUT2D eigenvalue weighted by atomic mass is 9.99. The second-order valence-corrected chi connectivity index (χ2v) is 12.2. The van der Waals surface area contributed by atoms with Crippen LogP contribution in [0.1, 0.15) is 96.3 Å². The van der Waals surface area contributed by atoms with Gasteiger partial charge in [0.05, 0.1) is 17.0 Å². The first-order chi connectivity index (χ1) is 11.4. The molecule has 0 aromatic heterocycles. The zero-order chi connectivity index (χ0) is 16.0. The van der Waals surface area contributed by atoms with Crippen molar-refractivity contribution in [2.45, 2.75) is 113 Å². The van der Waals surface area contributed by atoms with E-state index in [1.54, 1.807) is 0 Å². The Bertz CT molecular complexity index is 303. The third-order valence-corrected chi connectivity index (χ3v) is 12.4. The quantitative estimate of drug-likeness (QED) is 0.370. The predicted molar refractivity (Wildman–Crippen MR) is 104 cm³/mol. The van der Waals surface area contributed by atoms with Crippen LogP contribution in [0, 0.1) is 0 Å². The smallest absolute Gasteiger partial charge is 0.155 e. The molecule has 0 aromatic rings. The lowest BCUT2D eigenvalue weighted by molar-refractivity contribution is 0.324. The molecule has 0 heterocycles. The Morgan fingerprint density at radius 1 is 0.652 bits per heavy atom. The zero-order valence-electron chi connectivity index (χ0n) is 15.2. The highest BCUT2D eigenvalue weighted by Crippen LogP contribution is 2.77. The zero-order valence-corrected chi connectivity index (χ0v) is 16.1. The molecule has 0 spiro atoms. The Kier molecular flexibility index (Phi) is 7.02. The molecule has 3 rings (SSSR count). The Labute approximate surface area is 145 Å². The third-order valence-electron chi connectivity index (χ3n) is 6.85. The van der Waals surface area contributed by atoms with E-state index < -0.39 is 7.49 Å². The second-order valence-electron chi connectivity index (χ2n) is 8.22. The molecular formula is C21H38OP+. The maximum Gasteiger partial charge on any atom is 0.155 e. The summed E-state index contributed by atoms with van der Waals surface area (Å²) in [5, 5.41) is 0. The Balaban J connectivity index is 1.89. The van der Waals surface area contributed by atoms with E-state index in [1.165, 1.54) is 96.3 Å².